The highest BCUT2D eigenvalue weighted by Gasteiger charge is 2.41. The van der Waals surface area contributed by atoms with Crippen molar-refractivity contribution in [2.45, 2.75) is 43.8 Å². The zero-order chi connectivity index (χ0) is 33.2. The largest absolute Gasteiger partial charge is 0.486 e. The predicted molar refractivity (Wildman–Crippen MR) is 171 cm³/mol. The van der Waals surface area contributed by atoms with Crippen molar-refractivity contribution in [1.29, 1.82) is 5.26 Å². The molecule has 4 atom stereocenters. The Balaban J connectivity index is 0.953. The molecular formula is C34H36F2N8O4. The lowest BCUT2D eigenvalue weighted by molar-refractivity contribution is -0.139. The molecule has 7 rings (SSSR count). The summed E-state index contributed by atoms with van der Waals surface area (Å²) in [4.78, 5) is 43.6. The van der Waals surface area contributed by atoms with Crippen LogP contribution in [-0.4, -0.2) is 113 Å². The number of Topliss-reactive ketones (excluding diaryl/α,β-unsaturated/α-hetero) is 1. The van der Waals surface area contributed by atoms with Crippen LogP contribution in [0.1, 0.15) is 24.8 Å². The fourth-order valence-electron chi connectivity index (χ4n) is 6.68. The molecule has 3 saturated heterocycles. The number of nitrogens with one attached hydrogen (secondary N) is 1. The Morgan fingerprint density at radius 2 is 1.83 bits per heavy atom. The Kier molecular flexibility index (Phi) is 9.14. The normalized spacial score (nSPS) is 25.0. The van der Waals surface area contributed by atoms with Gasteiger partial charge in [0, 0.05) is 68.4 Å². The number of piperidine rings is 1. The second kappa shape index (κ2) is 13.8. The predicted octanol–water partition coefficient (Wildman–Crippen LogP) is 3.31. The van der Waals surface area contributed by atoms with Crippen molar-refractivity contribution in [1.82, 2.24) is 24.8 Å². The van der Waals surface area contributed by atoms with Crippen molar-refractivity contribution in [3.05, 3.63) is 54.4 Å². The second-order valence-corrected chi connectivity index (χ2v) is 12.7. The molecule has 0 unspecified atom stereocenters. The van der Waals surface area contributed by atoms with E-state index >= 15 is 4.39 Å². The molecule has 2 aromatic carbocycles. The third-order valence-electron chi connectivity index (χ3n) is 9.58. The summed E-state index contributed by atoms with van der Waals surface area (Å²) in [6, 6.07) is 15.6. The Morgan fingerprint density at radius 1 is 1.04 bits per heavy atom. The van der Waals surface area contributed by atoms with Crippen molar-refractivity contribution < 1.29 is 27.8 Å². The van der Waals surface area contributed by atoms with Gasteiger partial charge >= 0.3 is 0 Å². The quantitative estimate of drug-likeness (QED) is 0.382. The van der Waals surface area contributed by atoms with E-state index in [1.807, 2.05) is 12.1 Å². The van der Waals surface area contributed by atoms with Gasteiger partial charge in [-0.1, -0.05) is 0 Å². The first-order valence-corrected chi connectivity index (χ1v) is 16.3. The first-order chi connectivity index (χ1) is 23.3. The van der Waals surface area contributed by atoms with Crippen LogP contribution in [0, 0.1) is 17.2 Å². The molecule has 0 spiro atoms. The maximum atomic E-state index is 15.2. The third kappa shape index (κ3) is 6.79. The van der Waals surface area contributed by atoms with Crippen LogP contribution in [0.4, 0.5) is 26.1 Å². The molecule has 3 aromatic rings. The van der Waals surface area contributed by atoms with Crippen molar-refractivity contribution >= 4 is 29.0 Å². The fourth-order valence-corrected chi connectivity index (χ4v) is 6.68. The summed E-state index contributed by atoms with van der Waals surface area (Å²) in [6.07, 6.45) is -2.74. The van der Waals surface area contributed by atoms with Gasteiger partial charge in [0.1, 0.15) is 24.3 Å². The van der Waals surface area contributed by atoms with Crippen LogP contribution in [0.2, 0.25) is 0 Å². The average Bonchev–Trinajstić information content (AvgIpc) is 3.43. The number of hydrogen-bond acceptors (Lipinski definition) is 11. The number of alkyl halides is 2. The molecule has 48 heavy (non-hydrogen) atoms. The van der Waals surface area contributed by atoms with Gasteiger partial charge in [0.25, 0.3) is 0 Å². The summed E-state index contributed by atoms with van der Waals surface area (Å²) in [5.41, 5.74) is 2.72. The molecule has 1 N–H and O–H groups in total. The number of ketones is 1. The van der Waals surface area contributed by atoms with Gasteiger partial charge in [0.05, 0.1) is 31.4 Å². The maximum absolute atomic E-state index is 15.2. The molecular weight excluding hydrogens is 622 g/mol. The Hall–Kier alpha value is -4.74. The number of aromatic nitrogens is 3. The fraction of sp³-hybridized carbons (Fsp3) is 0.471. The maximum Gasteiger partial charge on any atom is 0.230 e. The van der Waals surface area contributed by atoms with Crippen molar-refractivity contribution in [2.75, 3.05) is 62.7 Å². The van der Waals surface area contributed by atoms with Crippen LogP contribution in [0.5, 0.6) is 5.75 Å². The molecule has 4 fully saturated rings. The van der Waals surface area contributed by atoms with Gasteiger partial charge in [-0.25, -0.2) is 18.7 Å². The number of amides is 1. The zero-order valence-electron chi connectivity index (χ0n) is 26.3. The summed E-state index contributed by atoms with van der Waals surface area (Å²) >= 11 is 0. The van der Waals surface area contributed by atoms with E-state index in [1.165, 1.54) is 11.2 Å². The van der Waals surface area contributed by atoms with E-state index in [9.17, 15) is 19.2 Å². The number of carbonyl (C=O) groups is 2. The smallest absolute Gasteiger partial charge is 0.230 e. The number of likely N-dealkylation sites (tertiary alicyclic amines) is 1. The standard InChI is InChI=1S/C34H36F2N8O4/c35-27-14-22(15-29(27)45)33(46)44-8-7-31(28(36)17-44)48-30-6-1-21(13-23(30)16-37)32-38-20-39-34(41-32)40-24-2-4-25(5-3-24)42-9-11-43(12-10-42)26-18-47-19-26/h1-6,13,20,22,26-28,31H,7-12,14-15,17-19H2,(H,38,39,40,41)/t22-,27+,28-,31+/m1/s1. The summed E-state index contributed by atoms with van der Waals surface area (Å²) in [5, 5.41) is 13.1. The SMILES string of the molecule is N#Cc1cc(-c2ncnc(Nc3ccc(N4CCN(C5COC5)CC4)cc3)n2)ccc1O[C@H]1CCN(C(=O)[C@H]2CC(=O)[C@@H](F)C2)C[C@H]1F. The molecule has 3 aliphatic heterocycles. The number of hydrogen-bond donors (Lipinski definition) is 1. The van der Waals surface area contributed by atoms with Crippen LogP contribution in [0.3, 0.4) is 0 Å². The first kappa shape index (κ1) is 31.8. The number of ether oxygens (including phenoxy) is 2. The summed E-state index contributed by atoms with van der Waals surface area (Å²) in [6.45, 7) is 5.65. The molecule has 0 bridgehead atoms. The van der Waals surface area contributed by atoms with Gasteiger partial charge in [-0.15, -0.1) is 0 Å². The molecule has 1 aromatic heterocycles. The lowest BCUT2D eigenvalue weighted by Crippen LogP contribution is -2.56. The van der Waals surface area contributed by atoms with Gasteiger partial charge in [-0.05, 0) is 48.9 Å². The number of halogens is 2. The van der Waals surface area contributed by atoms with Gasteiger partial charge in [-0.2, -0.15) is 10.2 Å². The highest BCUT2D eigenvalue weighted by molar-refractivity contribution is 5.92. The van der Waals surface area contributed by atoms with Crippen LogP contribution < -0.4 is 15.0 Å². The van der Waals surface area contributed by atoms with E-state index in [2.05, 4.69) is 48.3 Å². The molecule has 1 saturated carbocycles. The highest BCUT2D eigenvalue weighted by Crippen LogP contribution is 2.31. The molecule has 4 aliphatic rings. The first-order valence-electron chi connectivity index (χ1n) is 16.3. The van der Waals surface area contributed by atoms with Crippen LogP contribution >= 0.6 is 0 Å². The topological polar surface area (TPSA) is 137 Å². The number of piperazine rings is 1. The summed E-state index contributed by atoms with van der Waals surface area (Å²) in [5.74, 6) is -0.830. The van der Waals surface area contributed by atoms with Crippen LogP contribution in [0.25, 0.3) is 11.4 Å². The summed E-state index contributed by atoms with van der Waals surface area (Å²) in [7, 11) is 0. The van der Waals surface area contributed by atoms with Crippen LogP contribution in [-0.2, 0) is 14.3 Å². The van der Waals surface area contributed by atoms with Gasteiger partial charge < -0.3 is 24.6 Å². The number of anilines is 3. The van der Waals surface area contributed by atoms with E-state index in [1.54, 1.807) is 18.2 Å². The average molecular weight is 659 g/mol. The molecule has 12 nitrogen and oxygen atoms in total. The monoisotopic (exact) mass is 658 g/mol. The second-order valence-electron chi connectivity index (χ2n) is 12.7. The minimum Gasteiger partial charge on any atom is -0.486 e. The van der Waals surface area contributed by atoms with Crippen LogP contribution in [0.15, 0.2) is 48.8 Å². The lowest BCUT2D eigenvalue weighted by Gasteiger charge is -2.43. The number of nitriles is 1. The van der Waals surface area contributed by atoms with Crippen molar-refractivity contribution in [3.8, 4) is 23.2 Å². The molecule has 1 aliphatic carbocycles. The van der Waals surface area contributed by atoms with Gasteiger partial charge in [0.15, 0.2) is 24.0 Å². The van der Waals surface area contributed by atoms with E-state index in [0.29, 0.717) is 23.4 Å². The molecule has 250 valence electrons. The van der Waals surface area contributed by atoms with E-state index in [-0.39, 0.29) is 43.7 Å². The lowest BCUT2D eigenvalue weighted by atomic mass is 10.0. The number of benzene rings is 2. The molecule has 1 amide bonds. The third-order valence-corrected chi connectivity index (χ3v) is 9.58. The Morgan fingerprint density at radius 3 is 2.50 bits per heavy atom. The number of rotatable bonds is 8. The Bertz CT molecular complexity index is 1690. The number of nitrogens with zero attached hydrogens (tertiary/aromatic N) is 7. The summed E-state index contributed by atoms with van der Waals surface area (Å²) < 4.78 is 40.1. The van der Waals surface area contributed by atoms with Gasteiger partial charge in [0.2, 0.25) is 11.9 Å². The minimum absolute atomic E-state index is 0.146. The van der Waals surface area contributed by atoms with Crippen molar-refractivity contribution in [2.24, 2.45) is 5.92 Å². The van der Waals surface area contributed by atoms with Gasteiger partial charge in [-0.3, -0.25) is 14.5 Å². The molecule has 4 heterocycles. The zero-order valence-corrected chi connectivity index (χ0v) is 26.3. The van der Waals surface area contributed by atoms with E-state index < -0.39 is 36.1 Å². The highest BCUT2D eigenvalue weighted by atomic mass is 19.1. The van der Waals surface area contributed by atoms with E-state index in [4.69, 9.17) is 9.47 Å². The number of carbonyl (C=O) groups excluding carboxylic acids is 2. The van der Waals surface area contributed by atoms with Crippen molar-refractivity contribution in [3.63, 3.8) is 0 Å². The Labute approximate surface area is 276 Å². The van der Waals surface area contributed by atoms with E-state index in [0.717, 1.165) is 50.8 Å². The molecule has 14 heteroatoms. The molecule has 0 radical (unpaired) electrons. The minimum atomic E-state index is -1.63.